The summed E-state index contributed by atoms with van der Waals surface area (Å²) in [6, 6.07) is 1.37. The quantitative estimate of drug-likeness (QED) is 0.816. The molecule has 0 aliphatic heterocycles. The van der Waals surface area contributed by atoms with Crippen LogP contribution < -0.4 is 5.73 Å². The van der Waals surface area contributed by atoms with E-state index in [4.69, 9.17) is 5.73 Å². The molecule has 98 valence electrons. The Balaban J connectivity index is 1.55. The molecule has 3 saturated carbocycles. The Hall–Kier alpha value is -0.0800. The van der Waals surface area contributed by atoms with E-state index in [9.17, 15) is 0 Å². The summed E-state index contributed by atoms with van der Waals surface area (Å²) in [6.07, 6.45) is 11.5. The molecule has 3 fully saturated rings. The summed E-state index contributed by atoms with van der Waals surface area (Å²) in [6.45, 7) is 1.27. The average molecular weight is 236 g/mol. The highest BCUT2D eigenvalue weighted by Gasteiger charge is 2.46. The third-order valence-corrected chi connectivity index (χ3v) is 5.85. The normalized spacial score (nSPS) is 42.5. The van der Waals surface area contributed by atoms with Gasteiger partial charge in [0.2, 0.25) is 0 Å². The molecule has 0 spiro atoms. The standard InChI is InChI=1S/C15H28N2/c1-17(13-5-3-2-4-6-13)10-14-11-7-8-12(9-11)15(14)16/h11-15H,2-10,16H2,1H3. The molecular weight excluding hydrogens is 208 g/mol. The van der Waals surface area contributed by atoms with Gasteiger partial charge in [0.15, 0.2) is 0 Å². The van der Waals surface area contributed by atoms with E-state index >= 15 is 0 Å². The number of nitrogens with zero attached hydrogens (tertiary/aromatic N) is 1. The number of fused-ring (bicyclic) bond motifs is 2. The molecule has 3 rings (SSSR count). The first-order valence-corrected chi connectivity index (χ1v) is 7.71. The van der Waals surface area contributed by atoms with Crippen LogP contribution in [0.15, 0.2) is 0 Å². The van der Waals surface area contributed by atoms with Crippen LogP contribution in [0.25, 0.3) is 0 Å². The minimum absolute atomic E-state index is 0.514. The van der Waals surface area contributed by atoms with E-state index in [-0.39, 0.29) is 0 Å². The molecule has 2 bridgehead atoms. The van der Waals surface area contributed by atoms with Crippen molar-refractivity contribution in [2.24, 2.45) is 23.5 Å². The van der Waals surface area contributed by atoms with E-state index in [0.717, 1.165) is 23.8 Å². The SMILES string of the molecule is CN(CC1C2CCC(C2)C1N)C1CCCCC1. The first-order valence-electron chi connectivity index (χ1n) is 7.71. The number of nitrogens with two attached hydrogens (primary N) is 1. The van der Waals surface area contributed by atoms with Crippen LogP contribution in [0.1, 0.15) is 51.4 Å². The molecule has 17 heavy (non-hydrogen) atoms. The lowest BCUT2D eigenvalue weighted by Gasteiger charge is -2.37. The van der Waals surface area contributed by atoms with E-state index in [1.807, 2.05) is 0 Å². The van der Waals surface area contributed by atoms with Crippen molar-refractivity contribution in [1.82, 2.24) is 4.90 Å². The minimum Gasteiger partial charge on any atom is -0.327 e. The fourth-order valence-electron chi connectivity index (χ4n) is 4.73. The largest absolute Gasteiger partial charge is 0.327 e. The van der Waals surface area contributed by atoms with Gasteiger partial charge in [-0.1, -0.05) is 19.3 Å². The van der Waals surface area contributed by atoms with Gasteiger partial charge in [0.25, 0.3) is 0 Å². The van der Waals surface area contributed by atoms with Crippen LogP contribution in [0.5, 0.6) is 0 Å². The Labute approximate surface area is 106 Å². The third kappa shape index (κ3) is 2.26. The number of rotatable bonds is 3. The molecule has 2 nitrogen and oxygen atoms in total. The lowest BCUT2D eigenvalue weighted by atomic mass is 9.84. The molecule has 0 radical (unpaired) electrons. The zero-order valence-electron chi connectivity index (χ0n) is 11.3. The summed E-state index contributed by atoms with van der Waals surface area (Å²) in [5, 5.41) is 0. The molecule has 4 unspecified atom stereocenters. The van der Waals surface area contributed by atoms with Crippen molar-refractivity contribution >= 4 is 0 Å². The van der Waals surface area contributed by atoms with E-state index in [1.165, 1.54) is 57.9 Å². The molecule has 0 aromatic carbocycles. The fraction of sp³-hybridized carbons (Fsp3) is 1.00. The van der Waals surface area contributed by atoms with E-state index < -0.39 is 0 Å². The zero-order chi connectivity index (χ0) is 11.8. The topological polar surface area (TPSA) is 29.3 Å². The Morgan fingerprint density at radius 1 is 1.00 bits per heavy atom. The number of hydrogen-bond donors (Lipinski definition) is 1. The lowest BCUT2D eigenvalue weighted by Crippen LogP contribution is -2.45. The molecule has 3 aliphatic carbocycles. The van der Waals surface area contributed by atoms with Crippen molar-refractivity contribution in [3.05, 3.63) is 0 Å². The smallest absolute Gasteiger partial charge is 0.0111 e. The minimum atomic E-state index is 0.514. The van der Waals surface area contributed by atoms with Crippen molar-refractivity contribution in [3.8, 4) is 0 Å². The summed E-state index contributed by atoms with van der Waals surface area (Å²) in [7, 11) is 2.34. The van der Waals surface area contributed by atoms with Crippen LogP contribution in [0.4, 0.5) is 0 Å². The van der Waals surface area contributed by atoms with Gasteiger partial charge in [0, 0.05) is 18.6 Å². The molecule has 0 aromatic rings. The molecular formula is C15H28N2. The molecule has 0 aromatic heterocycles. The van der Waals surface area contributed by atoms with Crippen LogP contribution in [-0.4, -0.2) is 30.6 Å². The maximum atomic E-state index is 6.42. The highest BCUT2D eigenvalue weighted by atomic mass is 15.1. The van der Waals surface area contributed by atoms with Gasteiger partial charge in [-0.05, 0) is 56.9 Å². The molecule has 4 atom stereocenters. The predicted octanol–water partition coefficient (Wildman–Crippen LogP) is 2.62. The second-order valence-corrected chi connectivity index (χ2v) is 6.81. The van der Waals surface area contributed by atoms with Crippen molar-refractivity contribution in [1.29, 1.82) is 0 Å². The zero-order valence-corrected chi connectivity index (χ0v) is 11.3. The van der Waals surface area contributed by atoms with Crippen molar-refractivity contribution in [3.63, 3.8) is 0 Å². The van der Waals surface area contributed by atoms with Gasteiger partial charge >= 0.3 is 0 Å². The van der Waals surface area contributed by atoms with Crippen LogP contribution in [0, 0.1) is 17.8 Å². The first-order chi connectivity index (χ1) is 8.25. The Kier molecular flexibility index (Phi) is 3.45. The van der Waals surface area contributed by atoms with E-state index in [1.54, 1.807) is 0 Å². The monoisotopic (exact) mass is 236 g/mol. The van der Waals surface area contributed by atoms with Crippen LogP contribution >= 0.6 is 0 Å². The lowest BCUT2D eigenvalue weighted by molar-refractivity contribution is 0.134. The van der Waals surface area contributed by atoms with Crippen LogP contribution in [0.3, 0.4) is 0 Å². The van der Waals surface area contributed by atoms with Gasteiger partial charge < -0.3 is 10.6 Å². The summed E-state index contributed by atoms with van der Waals surface area (Å²) >= 11 is 0. The maximum absolute atomic E-state index is 6.42. The molecule has 0 amide bonds. The predicted molar refractivity (Wildman–Crippen MR) is 71.8 cm³/mol. The maximum Gasteiger partial charge on any atom is 0.0111 e. The van der Waals surface area contributed by atoms with Crippen LogP contribution in [0.2, 0.25) is 0 Å². The van der Waals surface area contributed by atoms with Gasteiger partial charge in [0.05, 0.1) is 0 Å². The molecule has 2 heteroatoms. The van der Waals surface area contributed by atoms with Crippen molar-refractivity contribution in [2.75, 3.05) is 13.6 Å². The summed E-state index contributed by atoms with van der Waals surface area (Å²) in [4.78, 5) is 2.64. The highest BCUT2D eigenvalue weighted by Crippen LogP contribution is 2.48. The molecule has 2 N–H and O–H groups in total. The van der Waals surface area contributed by atoms with Gasteiger partial charge in [-0.15, -0.1) is 0 Å². The Morgan fingerprint density at radius 3 is 2.35 bits per heavy atom. The first kappa shape index (κ1) is 12.0. The van der Waals surface area contributed by atoms with Gasteiger partial charge in [-0.2, -0.15) is 0 Å². The summed E-state index contributed by atoms with van der Waals surface area (Å²) in [5.74, 6) is 2.63. The molecule has 3 aliphatic rings. The van der Waals surface area contributed by atoms with Crippen molar-refractivity contribution < 1.29 is 0 Å². The third-order valence-electron chi connectivity index (χ3n) is 5.85. The summed E-state index contributed by atoms with van der Waals surface area (Å²) < 4.78 is 0. The summed E-state index contributed by atoms with van der Waals surface area (Å²) in [5.41, 5.74) is 6.42. The Morgan fingerprint density at radius 2 is 1.71 bits per heavy atom. The second kappa shape index (κ2) is 4.89. The van der Waals surface area contributed by atoms with Gasteiger partial charge in [-0.3, -0.25) is 0 Å². The Bertz CT molecular complexity index is 258. The molecule has 0 heterocycles. The van der Waals surface area contributed by atoms with Gasteiger partial charge in [-0.25, -0.2) is 0 Å². The highest BCUT2D eigenvalue weighted by molar-refractivity contribution is 5.00. The van der Waals surface area contributed by atoms with Crippen LogP contribution in [-0.2, 0) is 0 Å². The second-order valence-electron chi connectivity index (χ2n) is 6.81. The van der Waals surface area contributed by atoms with Gasteiger partial charge in [0.1, 0.15) is 0 Å². The number of hydrogen-bond acceptors (Lipinski definition) is 2. The van der Waals surface area contributed by atoms with E-state index in [0.29, 0.717) is 6.04 Å². The molecule has 0 saturated heterocycles. The van der Waals surface area contributed by atoms with Crippen molar-refractivity contribution in [2.45, 2.75) is 63.5 Å². The average Bonchev–Trinajstić information content (AvgIpc) is 2.94. The fourth-order valence-corrected chi connectivity index (χ4v) is 4.73. The van der Waals surface area contributed by atoms with E-state index in [2.05, 4.69) is 11.9 Å².